The molecule has 0 saturated heterocycles. The molecule has 0 atom stereocenters. The van der Waals surface area contributed by atoms with Gasteiger partial charge in [0.25, 0.3) is 0 Å². The molecule has 29 heavy (non-hydrogen) atoms. The summed E-state index contributed by atoms with van der Waals surface area (Å²) < 4.78 is 32.5. The highest BCUT2D eigenvalue weighted by Gasteiger charge is 2.22. The maximum atomic E-state index is 8.11. The van der Waals surface area contributed by atoms with Crippen LogP contribution in [0.1, 0.15) is 20.8 Å². The molecule has 0 aliphatic heterocycles. The number of hydrogen-bond acceptors (Lipinski definition) is 1. The van der Waals surface area contributed by atoms with Crippen LogP contribution in [0.5, 0.6) is 0 Å². The minimum atomic E-state index is -2.20. The fraction of sp³-hybridized carbons (Fsp3) is 0.148. The largest absolute Gasteiger partial charge is 0.456 e. The highest BCUT2D eigenvalue weighted by atomic mass is 16.3. The van der Waals surface area contributed by atoms with Gasteiger partial charge in [-0.15, -0.1) is 0 Å². The summed E-state index contributed by atoms with van der Waals surface area (Å²) in [7, 11) is 1.99. The first kappa shape index (κ1) is 14.6. The van der Waals surface area contributed by atoms with Crippen LogP contribution in [0.4, 0.5) is 0 Å². The maximum absolute atomic E-state index is 8.11. The van der Waals surface area contributed by atoms with Crippen molar-refractivity contribution in [1.29, 1.82) is 0 Å². The first-order valence-corrected chi connectivity index (χ1v) is 9.76. The first-order chi connectivity index (χ1) is 15.2. The lowest BCUT2D eigenvalue weighted by atomic mass is 9.92. The number of hydrogen-bond donors (Lipinski definition) is 0. The molecule has 0 unspecified atom stereocenters. The summed E-state index contributed by atoms with van der Waals surface area (Å²) in [5, 5.41) is 2.18. The summed E-state index contributed by atoms with van der Waals surface area (Å²) >= 11 is 0. The van der Waals surface area contributed by atoms with Crippen LogP contribution in [-0.4, -0.2) is 0 Å². The van der Waals surface area contributed by atoms with Crippen molar-refractivity contribution in [2.45, 2.75) is 20.7 Å². The van der Waals surface area contributed by atoms with Crippen LogP contribution in [0.25, 0.3) is 44.3 Å². The fourth-order valence-corrected chi connectivity index (χ4v) is 4.19. The molecule has 0 fully saturated rings. The van der Waals surface area contributed by atoms with Crippen molar-refractivity contribution in [3.63, 3.8) is 0 Å². The Morgan fingerprint density at radius 1 is 0.759 bits per heavy atom. The number of para-hydroxylation sites is 1. The van der Waals surface area contributed by atoms with E-state index in [-0.39, 0.29) is 0 Å². The van der Waals surface area contributed by atoms with Crippen LogP contribution in [0.15, 0.2) is 77.3 Å². The van der Waals surface area contributed by atoms with Crippen LogP contribution in [-0.2, 0) is 7.05 Å². The molecule has 0 radical (unpaired) electrons. The van der Waals surface area contributed by atoms with Crippen molar-refractivity contribution < 1.29 is 13.1 Å². The summed E-state index contributed by atoms with van der Waals surface area (Å²) in [6.07, 6.45) is 1.99. The van der Waals surface area contributed by atoms with E-state index in [0.717, 1.165) is 55.4 Å². The van der Waals surface area contributed by atoms with Crippen LogP contribution in [0.2, 0.25) is 0 Å². The molecular weight excluding hydrogens is 354 g/mol. The zero-order valence-corrected chi connectivity index (χ0v) is 16.8. The third-order valence-corrected chi connectivity index (χ3v) is 5.62. The Balaban J connectivity index is 1.81. The van der Waals surface area contributed by atoms with Gasteiger partial charge in [0.05, 0.1) is 11.1 Å². The molecule has 2 heteroatoms. The summed E-state index contributed by atoms with van der Waals surface area (Å²) in [4.78, 5) is 0. The number of rotatable bonds is 2. The van der Waals surface area contributed by atoms with E-state index in [1.54, 1.807) is 6.07 Å². The molecule has 0 bridgehead atoms. The molecule has 2 heterocycles. The van der Waals surface area contributed by atoms with Gasteiger partial charge in [-0.05, 0) is 61.7 Å². The Morgan fingerprint density at radius 2 is 1.62 bits per heavy atom. The Hall–Kier alpha value is -3.39. The number of aromatic nitrogens is 1. The second-order valence-electron chi connectivity index (χ2n) is 7.69. The lowest BCUT2D eigenvalue weighted by Crippen LogP contribution is -2.31. The van der Waals surface area contributed by atoms with Crippen molar-refractivity contribution in [2.75, 3.05) is 0 Å². The van der Waals surface area contributed by atoms with E-state index in [0.29, 0.717) is 5.56 Å². The lowest BCUT2D eigenvalue weighted by Gasteiger charge is -2.12. The monoisotopic (exact) mass is 381 g/mol. The van der Waals surface area contributed by atoms with Gasteiger partial charge >= 0.3 is 0 Å². The van der Waals surface area contributed by atoms with Gasteiger partial charge in [-0.25, -0.2) is 4.57 Å². The van der Waals surface area contributed by atoms with Gasteiger partial charge in [-0.1, -0.05) is 42.0 Å². The van der Waals surface area contributed by atoms with E-state index >= 15 is 0 Å². The van der Waals surface area contributed by atoms with Gasteiger partial charge < -0.3 is 4.42 Å². The number of aryl methyl sites for hydroxylation is 4. The molecule has 2 aromatic heterocycles. The molecule has 0 spiro atoms. The molecule has 3 aromatic carbocycles. The molecular formula is C27H24NO+. The second kappa shape index (κ2) is 6.59. The molecule has 0 saturated carbocycles. The van der Waals surface area contributed by atoms with Gasteiger partial charge in [-0.3, -0.25) is 0 Å². The van der Waals surface area contributed by atoms with E-state index in [9.17, 15) is 0 Å². The molecule has 5 rings (SSSR count). The molecule has 0 aliphatic rings. The van der Waals surface area contributed by atoms with Crippen LogP contribution in [0, 0.1) is 20.7 Å². The number of benzene rings is 3. The third kappa shape index (κ3) is 2.84. The Bertz CT molecular complexity index is 1490. The lowest BCUT2D eigenvalue weighted by molar-refractivity contribution is -0.660. The van der Waals surface area contributed by atoms with Crippen LogP contribution >= 0.6 is 0 Å². The van der Waals surface area contributed by atoms with Crippen molar-refractivity contribution in [2.24, 2.45) is 7.05 Å². The summed E-state index contributed by atoms with van der Waals surface area (Å²) in [6, 6.07) is 21.9. The minimum absolute atomic E-state index is 0.368. The molecule has 0 N–H and O–H groups in total. The predicted octanol–water partition coefficient (Wildman–Crippen LogP) is 6.67. The molecule has 0 aliphatic carbocycles. The van der Waals surface area contributed by atoms with Crippen LogP contribution < -0.4 is 4.57 Å². The number of nitrogens with zero attached hydrogens (tertiary/aromatic N) is 1. The third-order valence-electron chi connectivity index (χ3n) is 5.62. The second-order valence-corrected chi connectivity index (χ2v) is 7.69. The highest BCUT2D eigenvalue weighted by molar-refractivity contribution is 6.06. The summed E-state index contributed by atoms with van der Waals surface area (Å²) in [5.41, 5.74) is 7.68. The quantitative estimate of drug-likeness (QED) is 0.312. The average Bonchev–Trinajstić information content (AvgIpc) is 3.10. The van der Waals surface area contributed by atoms with Crippen LogP contribution in [0.3, 0.4) is 0 Å². The van der Waals surface area contributed by atoms with E-state index in [2.05, 4.69) is 29.7 Å². The normalized spacial score (nSPS) is 13.4. The zero-order valence-electron chi connectivity index (χ0n) is 19.8. The van der Waals surface area contributed by atoms with Crippen molar-refractivity contribution in [3.8, 4) is 22.4 Å². The minimum Gasteiger partial charge on any atom is -0.456 e. The molecule has 0 amide bonds. The van der Waals surface area contributed by atoms with Gasteiger partial charge in [0.1, 0.15) is 18.2 Å². The van der Waals surface area contributed by atoms with E-state index in [1.807, 2.05) is 62.6 Å². The SMILES string of the molecule is [2H]C([2H])([2H])c1cc(C)ccc1-c1ccc[n+](C)c1-c1cc2oc3ccccc3c2cc1C. The van der Waals surface area contributed by atoms with E-state index in [4.69, 9.17) is 8.53 Å². The number of furan rings is 1. The van der Waals surface area contributed by atoms with Gasteiger partial charge in [0.15, 0.2) is 6.20 Å². The molecule has 5 aromatic rings. The standard InChI is InChI=1S/C27H24NO/c1-17-11-12-20(18(2)14-17)22-9-7-13-28(4)27(22)23-16-26-24(15-19(23)3)21-8-5-6-10-25(21)29-26/h5-16H,1-4H3/q+1/i2D3. The predicted molar refractivity (Wildman–Crippen MR) is 120 cm³/mol. The number of fused-ring (bicyclic) bond motifs is 3. The van der Waals surface area contributed by atoms with Crippen molar-refractivity contribution in [3.05, 3.63) is 89.6 Å². The topological polar surface area (TPSA) is 17.0 Å². The fourth-order valence-electron chi connectivity index (χ4n) is 4.19. The Kier molecular flexibility index (Phi) is 3.32. The smallest absolute Gasteiger partial charge is 0.220 e. The first-order valence-electron chi connectivity index (χ1n) is 11.3. The highest BCUT2D eigenvalue weighted by Crippen LogP contribution is 2.37. The summed E-state index contributed by atoms with van der Waals surface area (Å²) in [6.45, 7) is 1.81. The van der Waals surface area contributed by atoms with Crippen molar-refractivity contribution >= 4 is 21.9 Å². The van der Waals surface area contributed by atoms with Crippen molar-refractivity contribution in [1.82, 2.24) is 0 Å². The summed E-state index contributed by atoms with van der Waals surface area (Å²) in [5.74, 6) is 0. The maximum Gasteiger partial charge on any atom is 0.220 e. The van der Waals surface area contributed by atoms with E-state index < -0.39 is 6.85 Å². The van der Waals surface area contributed by atoms with Gasteiger partial charge in [-0.2, -0.15) is 0 Å². The molecule has 142 valence electrons. The van der Waals surface area contributed by atoms with Gasteiger partial charge in [0, 0.05) is 21.0 Å². The van der Waals surface area contributed by atoms with E-state index in [1.165, 1.54) is 0 Å². The number of pyridine rings is 1. The van der Waals surface area contributed by atoms with Gasteiger partial charge in [0.2, 0.25) is 5.69 Å². The Labute approximate surface area is 175 Å². The zero-order chi connectivity index (χ0) is 22.6. The Morgan fingerprint density at radius 3 is 2.48 bits per heavy atom. The molecule has 2 nitrogen and oxygen atoms in total. The average molecular weight is 382 g/mol.